The van der Waals surface area contributed by atoms with Crippen molar-refractivity contribution in [2.75, 3.05) is 0 Å². The van der Waals surface area contributed by atoms with Gasteiger partial charge in [0.25, 0.3) is 0 Å². The molecule has 0 saturated carbocycles. The summed E-state index contributed by atoms with van der Waals surface area (Å²) in [6.07, 6.45) is 1.86. The Kier molecular flexibility index (Phi) is 9.02. The Morgan fingerprint density at radius 3 is 1.65 bits per heavy atom. The van der Waals surface area contributed by atoms with Gasteiger partial charge in [-0.15, -0.1) is 0 Å². The van der Waals surface area contributed by atoms with Gasteiger partial charge in [0.15, 0.2) is 17.5 Å². The van der Waals surface area contributed by atoms with Gasteiger partial charge >= 0.3 is 0 Å². The van der Waals surface area contributed by atoms with Crippen molar-refractivity contribution in [3.8, 4) is 67.5 Å². The van der Waals surface area contributed by atoms with Crippen LogP contribution in [0.2, 0.25) is 0 Å². The molecule has 1 aliphatic carbocycles. The summed E-state index contributed by atoms with van der Waals surface area (Å²) >= 11 is 0. The lowest BCUT2D eigenvalue weighted by Gasteiger charge is -2.21. The smallest absolute Gasteiger partial charge is 0.164 e. The molecule has 2 heterocycles. The molecule has 0 unspecified atom stereocenters. The molecule has 13 rings (SSSR count). The maximum atomic E-state index is 6.83. The lowest BCUT2D eigenvalue weighted by Crippen LogP contribution is -2.05. The van der Waals surface area contributed by atoms with Crippen LogP contribution in [0, 0.1) is 0 Å². The highest BCUT2D eigenvalue weighted by molar-refractivity contribution is 6.12. The monoisotopic (exact) mass is 843 g/mol. The normalized spacial score (nSPS) is 13.5. The molecule has 4 heteroatoms. The van der Waals surface area contributed by atoms with Crippen molar-refractivity contribution in [3.63, 3.8) is 0 Å². The number of nitrogens with zero attached hydrogens (tertiary/aromatic N) is 3. The summed E-state index contributed by atoms with van der Waals surface area (Å²) in [7, 11) is 0. The zero-order valence-corrected chi connectivity index (χ0v) is 36.0. The molecule has 310 valence electrons. The Labute approximate surface area is 382 Å². The maximum Gasteiger partial charge on any atom is 0.164 e. The van der Waals surface area contributed by atoms with Crippen LogP contribution in [0.5, 0.6) is 0 Å². The van der Waals surface area contributed by atoms with E-state index in [2.05, 4.69) is 200 Å². The van der Waals surface area contributed by atoms with Crippen LogP contribution >= 0.6 is 0 Å². The van der Waals surface area contributed by atoms with Crippen molar-refractivity contribution in [2.45, 2.75) is 18.8 Å². The molecule has 12 aromatic rings. The van der Waals surface area contributed by atoms with Crippen LogP contribution in [-0.4, -0.2) is 15.0 Å². The van der Waals surface area contributed by atoms with Gasteiger partial charge in [-0.3, -0.25) is 0 Å². The van der Waals surface area contributed by atoms with Crippen molar-refractivity contribution in [1.82, 2.24) is 15.0 Å². The lowest BCUT2D eigenvalue weighted by atomic mass is 9.83. The fraction of sp³-hybridized carbons (Fsp3) is 0.0484. The third-order valence-electron chi connectivity index (χ3n) is 13.5. The molecule has 0 N–H and O–H groups in total. The van der Waals surface area contributed by atoms with Crippen LogP contribution in [0.25, 0.3) is 111 Å². The van der Waals surface area contributed by atoms with Crippen LogP contribution in [-0.2, 0) is 6.42 Å². The van der Waals surface area contributed by atoms with Crippen LogP contribution < -0.4 is 0 Å². The standard InChI is InChI=1S/C62H41N3O/c1-3-14-39(15-4-1)41-26-28-42(29-27-41)60-63-61(49-23-13-22-43(33-49)40-16-5-2-6-17-40)65-62(64-60)56-37-50(38-58-59(56)52-24-11-12-25-57(52)66-58)51-31-30-48-32-44-18-7-8-19-45(44)34-53(48)55-36-47-21-10-9-20-46(47)35-54(51)55/h1-29,32-38,51H,30-31H2/t51-/m0/s1. The first-order valence-electron chi connectivity index (χ1n) is 22.7. The molecule has 0 amide bonds. The van der Waals surface area contributed by atoms with Crippen LogP contribution in [0.1, 0.15) is 29.0 Å². The van der Waals surface area contributed by atoms with Crippen molar-refractivity contribution in [1.29, 1.82) is 0 Å². The first kappa shape index (κ1) is 38.0. The summed E-state index contributed by atoms with van der Waals surface area (Å²) < 4.78 is 6.83. The Balaban J connectivity index is 1.04. The van der Waals surface area contributed by atoms with Gasteiger partial charge in [0.2, 0.25) is 0 Å². The molecule has 0 bridgehead atoms. The topological polar surface area (TPSA) is 51.8 Å². The van der Waals surface area contributed by atoms with Crippen LogP contribution in [0.15, 0.2) is 223 Å². The van der Waals surface area contributed by atoms with E-state index in [0.717, 1.165) is 73.7 Å². The summed E-state index contributed by atoms with van der Waals surface area (Å²) in [6.45, 7) is 0. The van der Waals surface area contributed by atoms with E-state index in [1.807, 2.05) is 18.2 Å². The van der Waals surface area contributed by atoms with E-state index in [1.165, 1.54) is 49.4 Å². The second-order valence-electron chi connectivity index (χ2n) is 17.5. The Morgan fingerprint density at radius 2 is 0.909 bits per heavy atom. The van der Waals surface area contributed by atoms with E-state index in [-0.39, 0.29) is 5.92 Å². The fourth-order valence-electron chi connectivity index (χ4n) is 10.2. The van der Waals surface area contributed by atoms with Gasteiger partial charge < -0.3 is 4.42 Å². The minimum atomic E-state index is 0.0605. The molecule has 10 aromatic carbocycles. The quantitative estimate of drug-likeness (QED) is 0.167. The van der Waals surface area contributed by atoms with Gasteiger partial charge in [0, 0.05) is 33.4 Å². The van der Waals surface area contributed by atoms with E-state index < -0.39 is 0 Å². The van der Waals surface area contributed by atoms with E-state index in [4.69, 9.17) is 19.4 Å². The lowest BCUT2D eigenvalue weighted by molar-refractivity contribution is 0.665. The van der Waals surface area contributed by atoms with Crippen molar-refractivity contribution >= 4 is 43.5 Å². The van der Waals surface area contributed by atoms with Crippen molar-refractivity contribution < 1.29 is 4.42 Å². The molecule has 0 radical (unpaired) electrons. The molecule has 0 fully saturated rings. The first-order chi connectivity index (χ1) is 32.7. The van der Waals surface area contributed by atoms with Gasteiger partial charge in [-0.25, -0.2) is 15.0 Å². The molecule has 4 nitrogen and oxygen atoms in total. The number of hydrogen-bond donors (Lipinski definition) is 0. The molecular weight excluding hydrogens is 803 g/mol. The Morgan fingerprint density at radius 1 is 0.364 bits per heavy atom. The number of aryl methyl sites for hydroxylation is 1. The summed E-state index contributed by atoms with van der Waals surface area (Å²) in [5.74, 6) is 1.89. The van der Waals surface area contributed by atoms with E-state index in [9.17, 15) is 0 Å². The van der Waals surface area contributed by atoms with Gasteiger partial charge in [-0.1, -0.05) is 176 Å². The Hall–Kier alpha value is -8.47. The molecule has 0 saturated heterocycles. The minimum absolute atomic E-state index is 0.0605. The summed E-state index contributed by atoms with van der Waals surface area (Å²) in [5.41, 5.74) is 15.4. The zero-order chi connectivity index (χ0) is 43.6. The summed E-state index contributed by atoms with van der Waals surface area (Å²) in [5, 5.41) is 7.03. The van der Waals surface area contributed by atoms with E-state index >= 15 is 0 Å². The van der Waals surface area contributed by atoms with Crippen molar-refractivity contribution in [3.05, 3.63) is 235 Å². The number of furan rings is 1. The van der Waals surface area contributed by atoms with Crippen LogP contribution in [0.3, 0.4) is 0 Å². The number of aromatic nitrogens is 3. The summed E-state index contributed by atoms with van der Waals surface area (Å²) in [4.78, 5) is 16.1. The second-order valence-corrected chi connectivity index (χ2v) is 17.5. The predicted molar refractivity (Wildman–Crippen MR) is 271 cm³/mol. The SMILES string of the molecule is c1ccc(-c2ccc(-c3nc(-c4cccc(-c5ccccc5)c4)nc(-c4cc([C@@H]5CCc6cc7ccccc7cc6-c6cc7ccccc7cc65)cc5oc6ccccc6c45)n3)cc2)cc1. The Bertz CT molecular complexity index is 3820. The molecule has 0 spiro atoms. The van der Waals surface area contributed by atoms with Gasteiger partial charge in [0.1, 0.15) is 11.2 Å². The first-order valence-corrected chi connectivity index (χ1v) is 22.7. The fourth-order valence-corrected chi connectivity index (χ4v) is 10.2. The second kappa shape index (κ2) is 15.7. The molecule has 2 aromatic heterocycles. The molecule has 1 atom stereocenters. The molecule has 0 aliphatic heterocycles. The average molecular weight is 844 g/mol. The highest BCUT2D eigenvalue weighted by atomic mass is 16.3. The molecule has 1 aliphatic rings. The van der Waals surface area contributed by atoms with E-state index in [0.29, 0.717) is 17.5 Å². The zero-order valence-electron chi connectivity index (χ0n) is 36.0. The molecular formula is C62H41N3O. The number of rotatable bonds is 6. The number of benzene rings is 10. The third-order valence-corrected chi connectivity index (χ3v) is 13.5. The van der Waals surface area contributed by atoms with Gasteiger partial charge in [-0.2, -0.15) is 0 Å². The highest BCUT2D eigenvalue weighted by Crippen LogP contribution is 2.47. The number of para-hydroxylation sites is 1. The maximum absolute atomic E-state index is 6.83. The van der Waals surface area contributed by atoms with Gasteiger partial charge in [0.05, 0.1) is 0 Å². The minimum Gasteiger partial charge on any atom is -0.456 e. The average Bonchev–Trinajstić information content (AvgIpc) is 3.70. The third kappa shape index (κ3) is 6.65. The highest BCUT2D eigenvalue weighted by Gasteiger charge is 2.28. The van der Waals surface area contributed by atoms with Gasteiger partial charge in [-0.05, 0) is 127 Å². The van der Waals surface area contributed by atoms with Crippen LogP contribution in [0.4, 0.5) is 0 Å². The van der Waals surface area contributed by atoms with Crippen molar-refractivity contribution in [2.24, 2.45) is 0 Å². The number of fused-ring (bicyclic) bond motifs is 8. The summed E-state index contributed by atoms with van der Waals surface area (Å²) in [6, 6.07) is 78.1. The predicted octanol–water partition coefficient (Wildman–Crippen LogP) is 16.2. The largest absolute Gasteiger partial charge is 0.456 e. The van der Waals surface area contributed by atoms with E-state index in [1.54, 1.807) is 0 Å². The molecule has 66 heavy (non-hydrogen) atoms. The number of hydrogen-bond acceptors (Lipinski definition) is 4.